The van der Waals surface area contributed by atoms with Gasteiger partial charge in [-0.05, 0) is 37.1 Å². The van der Waals surface area contributed by atoms with Crippen molar-refractivity contribution < 1.29 is 4.79 Å². The van der Waals surface area contributed by atoms with E-state index in [0.717, 1.165) is 37.7 Å². The Bertz CT molecular complexity index is 808. The number of thioether (sulfide) groups is 1. The Kier molecular flexibility index (Phi) is 5.84. The number of H-pyrrole nitrogens is 1. The lowest BCUT2D eigenvalue weighted by atomic mass is 9.81. The van der Waals surface area contributed by atoms with Gasteiger partial charge in [-0.3, -0.25) is 9.89 Å². The molecule has 6 nitrogen and oxygen atoms in total. The number of aromatic amines is 1. The van der Waals surface area contributed by atoms with Crippen molar-refractivity contribution in [3.05, 3.63) is 29.3 Å². The number of amides is 1. The summed E-state index contributed by atoms with van der Waals surface area (Å²) < 4.78 is 0. The number of carbonyl (C=O) groups is 1. The highest BCUT2D eigenvalue weighted by Crippen LogP contribution is 2.33. The summed E-state index contributed by atoms with van der Waals surface area (Å²) in [6.07, 6.45) is 4.60. The molecule has 1 heterocycles. The van der Waals surface area contributed by atoms with E-state index in [1.807, 2.05) is 12.1 Å². The second-order valence-corrected chi connectivity index (χ2v) is 7.80. The maximum Gasteiger partial charge on any atom is 0.234 e. The summed E-state index contributed by atoms with van der Waals surface area (Å²) >= 11 is 7.16. The molecule has 136 valence electrons. The van der Waals surface area contributed by atoms with Gasteiger partial charge >= 0.3 is 0 Å². The van der Waals surface area contributed by atoms with Crippen LogP contribution < -0.4 is 0 Å². The summed E-state index contributed by atoms with van der Waals surface area (Å²) in [5, 5.41) is 17.8. The molecular weight excluding hydrogens is 370 g/mol. The van der Waals surface area contributed by atoms with Crippen molar-refractivity contribution in [3.63, 3.8) is 0 Å². The number of halogens is 1. The Morgan fingerprint density at radius 2 is 2.04 bits per heavy atom. The number of nitrogens with one attached hydrogen (secondary N) is 1. The van der Waals surface area contributed by atoms with Gasteiger partial charge in [-0.2, -0.15) is 5.26 Å². The van der Waals surface area contributed by atoms with Gasteiger partial charge in [0.15, 0.2) is 5.82 Å². The van der Waals surface area contributed by atoms with Gasteiger partial charge in [-0.15, -0.1) is 5.10 Å². The van der Waals surface area contributed by atoms with Gasteiger partial charge in [0.1, 0.15) is 5.54 Å². The average Bonchev–Trinajstić information content (AvgIpc) is 3.15. The normalized spacial score (nSPS) is 16.0. The van der Waals surface area contributed by atoms with Crippen molar-refractivity contribution in [1.29, 1.82) is 5.26 Å². The Morgan fingerprint density at radius 3 is 2.69 bits per heavy atom. The molecule has 1 N–H and O–H groups in total. The topological polar surface area (TPSA) is 85.7 Å². The zero-order chi connectivity index (χ0) is 18.6. The van der Waals surface area contributed by atoms with Crippen LogP contribution in [0.25, 0.3) is 11.4 Å². The Hall–Kier alpha value is -2.04. The second kappa shape index (κ2) is 8.11. The smallest absolute Gasteiger partial charge is 0.234 e. The SMILES string of the molecule is CN(C(=O)CSc1n[nH]c(-c2ccc(Cl)cc2)n1)C1(C#N)CCCCC1. The van der Waals surface area contributed by atoms with Crippen molar-refractivity contribution in [1.82, 2.24) is 20.1 Å². The first-order chi connectivity index (χ1) is 12.5. The molecule has 0 atom stereocenters. The summed E-state index contributed by atoms with van der Waals surface area (Å²) in [5.74, 6) is 0.764. The molecule has 0 unspecified atom stereocenters. The fourth-order valence-corrected chi connectivity index (χ4v) is 4.01. The number of hydrogen-bond acceptors (Lipinski definition) is 5. The van der Waals surface area contributed by atoms with Crippen LogP contribution >= 0.6 is 23.4 Å². The lowest BCUT2D eigenvalue weighted by molar-refractivity contribution is -0.131. The van der Waals surface area contributed by atoms with Crippen LogP contribution in [0.1, 0.15) is 32.1 Å². The van der Waals surface area contributed by atoms with Gasteiger partial charge in [-0.1, -0.05) is 42.6 Å². The third-order valence-corrected chi connectivity index (χ3v) is 5.90. The number of rotatable bonds is 5. The minimum Gasteiger partial charge on any atom is -0.326 e. The van der Waals surface area contributed by atoms with E-state index in [1.54, 1.807) is 24.1 Å². The van der Waals surface area contributed by atoms with Crippen LogP contribution in [0.4, 0.5) is 0 Å². The molecule has 1 fully saturated rings. The minimum atomic E-state index is -0.663. The van der Waals surface area contributed by atoms with Crippen molar-refractivity contribution in [2.45, 2.75) is 42.8 Å². The van der Waals surface area contributed by atoms with E-state index >= 15 is 0 Å². The van der Waals surface area contributed by atoms with Gasteiger partial charge in [0.25, 0.3) is 0 Å². The molecule has 0 saturated heterocycles. The fraction of sp³-hybridized carbons (Fsp3) is 0.444. The highest BCUT2D eigenvalue weighted by Gasteiger charge is 2.38. The third-order valence-electron chi connectivity index (χ3n) is 4.81. The van der Waals surface area contributed by atoms with E-state index < -0.39 is 5.54 Å². The Morgan fingerprint density at radius 1 is 1.35 bits per heavy atom. The van der Waals surface area contributed by atoms with E-state index in [0.29, 0.717) is 16.0 Å². The van der Waals surface area contributed by atoms with Crippen LogP contribution in [0.2, 0.25) is 5.02 Å². The monoisotopic (exact) mass is 389 g/mol. The Labute approximate surface area is 161 Å². The van der Waals surface area contributed by atoms with Crippen molar-refractivity contribution in [2.75, 3.05) is 12.8 Å². The fourth-order valence-electron chi connectivity index (χ4n) is 3.17. The zero-order valence-corrected chi connectivity index (χ0v) is 16.1. The number of benzene rings is 1. The molecule has 1 amide bonds. The number of nitrogens with zero attached hydrogens (tertiary/aromatic N) is 4. The van der Waals surface area contributed by atoms with Crippen molar-refractivity contribution >= 4 is 29.3 Å². The first-order valence-electron chi connectivity index (χ1n) is 8.53. The zero-order valence-electron chi connectivity index (χ0n) is 14.5. The molecule has 1 aromatic heterocycles. The highest BCUT2D eigenvalue weighted by atomic mass is 35.5. The van der Waals surface area contributed by atoms with Crippen molar-refractivity contribution in [2.24, 2.45) is 0 Å². The lowest BCUT2D eigenvalue weighted by Gasteiger charge is -2.38. The minimum absolute atomic E-state index is 0.0729. The number of carbonyl (C=O) groups excluding carboxylic acids is 1. The molecule has 0 spiro atoms. The molecule has 26 heavy (non-hydrogen) atoms. The van der Waals surface area contributed by atoms with E-state index in [2.05, 4.69) is 21.3 Å². The lowest BCUT2D eigenvalue weighted by Crippen LogP contribution is -2.50. The predicted octanol–water partition coefficient (Wildman–Crippen LogP) is 3.90. The van der Waals surface area contributed by atoms with E-state index in [9.17, 15) is 10.1 Å². The molecule has 1 aromatic carbocycles. The summed E-state index contributed by atoms with van der Waals surface area (Å²) in [4.78, 5) is 18.6. The molecule has 0 bridgehead atoms. The molecule has 2 aromatic rings. The van der Waals surface area contributed by atoms with E-state index in [4.69, 9.17) is 11.6 Å². The predicted molar refractivity (Wildman–Crippen MR) is 102 cm³/mol. The van der Waals surface area contributed by atoms with Gasteiger partial charge < -0.3 is 4.90 Å². The first kappa shape index (κ1) is 18.7. The maximum absolute atomic E-state index is 12.6. The van der Waals surface area contributed by atoms with Crippen LogP contribution in [0.5, 0.6) is 0 Å². The number of hydrogen-bond donors (Lipinski definition) is 1. The Balaban J connectivity index is 1.61. The average molecular weight is 390 g/mol. The van der Waals surface area contributed by atoms with Crippen LogP contribution in [0.15, 0.2) is 29.4 Å². The molecule has 1 aliphatic carbocycles. The van der Waals surface area contributed by atoms with Crippen LogP contribution in [0, 0.1) is 11.3 Å². The first-order valence-corrected chi connectivity index (χ1v) is 9.89. The van der Waals surface area contributed by atoms with E-state index in [1.165, 1.54) is 11.8 Å². The molecule has 1 aliphatic rings. The third kappa shape index (κ3) is 4.02. The van der Waals surface area contributed by atoms with Gasteiger partial charge in [-0.25, -0.2) is 4.98 Å². The quantitative estimate of drug-likeness (QED) is 0.783. The summed E-state index contributed by atoms with van der Waals surface area (Å²) in [6, 6.07) is 9.66. The largest absolute Gasteiger partial charge is 0.326 e. The van der Waals surface area contributed by atoms with Crippen molar-refractivity contribution in [3.8, 4) is 17.5 Å². The summed E-state index contributed by atoms with van der Waals surface area (Å²) in [7, 11) is 1.73. The number of aromatic nitrogens is 3. The molecule has 8 heteroatoms. The van der Waals surface area contributed by atoms with Gasteiger partial charge in [0, 0.05) is 17.6 Å². The molecule has 0 aliphatic heterocycles. The van der Waals surface area contributed by atoms with Crippen LogP contribution in [-0.2, 0) is 4.79 Å². The molecule has 1 saturated carbocycles. The van der Waals surface area contributed by atoms with Crippen LogP contribution in [-0.4, -0.2) is 44.3 Å². The molecular formula is C18H20ClN5OS. The van der Waals surface area contributed by atoms with Gasteiger partial charge in [0.2, 0.25) is 11.1 Å². The highest BCUT2D eigenvalue weighted by molar-refractivity contribution is 7.99. The summed E-state index contributed by atoms with van der Waals surface area (Å²) in [6.45, 7) is 0. The standard InChI is InChI=1S/C18H20ClN5OS/c1-24(18(12-20)9-3-2-4-10-18)15(25)11-26-17-21-16(22-23-17)13-5-7-14(19)8-6-13/h5-8H,2-4,9-11H2,1H3,(H,21,22,23). The van der Waals surface area contributed by atoms with Crippen LogP contribution in [0.3, 0.4) is 0 Å². The molecule has 0 radical (unpaired) electrons. The number of nitriles is 1. The van der Waals surface area contributed by atoms with E-state index in [-0.39, 0.29) is 11.7 Å². The second-order valence-electron chi connectivity index (χ2n) is 6.42. The van der Waals surface area contributed by atoms with Gasteiger partial charge in [0.05, 0.1) is 11.8 Å². The summed E-state index contributed by atoms with van der Waals surface area (Å²) in [5.41, 5.74) is 0.214. The molecule has 3 rings (SSSR count). The maximum atomic E-state index is 12.6.